The molecule has 0 saturated carbocycles. The Bertz CT molecular complexity index is 461. The van der Waals surface area contributed by atoms with Crippen LogP contribution in [0.5, 0.6) is 5.75 Å². The summed E-state index contributed by atoms with van der Waals surface area (Å²) in [5.74, 6) is 0.0755. The van der Waals surface area contributed by atoms with E-state index < -0.39 is 10.1 Å². The first-order valence-corrected chi connectivity index (χ1v) is 6.22. The molecule has 0 bridgehead atoms. The molecule has 0 amide bonds. The van der Waals surface area contributed by atoms with Crippen molar-refractivity contribution in [3.05, 3.63) is 23.8 Å². The molecule has 0 aliphatic heterocycles. The Morgan fingerprint density at radius 2 is 2.06 bits per heavy atom. The van der Waals surface area contributed by atoms with Gasteiger partial charge in [-0.2, -0.15) is 0 Å². The van der Waals surface area contributed by atoms with Gasteiger partial charge in [-0.15, -0.1) is 0 Å². The van der Waals surface area contributed by atoms with Crippen LogP contribution in [-0.2, 0) is 16.5 Å². The van der Waals surface area contributed by atoms with Gasteiger partial charge in [0.25, 0.3) is 0 Å². The van der Waals surface area contributed by atoms with Gasteiger partial charge in [0.05, 0.1) is 12.0 Å². The second-order valence-corrected chi connectivity index (χ2v) is 4.68. The molecule has 0 spiro atoms. The molecule has 90 valence electrons. The first-order chi connectivity index (χ1) is 7.49. The van der Waals surface area contributed by atoms with E-state index in [1.807, 2.05) is 0 Å². The minimum Gasteiger partial charge on any atom is -0.744 e. The smallest absolute Gasteiger partial charge is 0.744 e. The Labute approximate surface area is 123 Å². The molecule has 1 aromatic rings. The molecular weight excluding hydrogens is 253 g/mol. The van der Waals surface area contributed by atoms with Gasteiger partial charge in [0.2, 0.25) is 0 Å². The molecule has 0 aromatic heterocycles. The molecule has 2 N–H and O–H groups in total. The minimum atomic E-state index is -4.50. The van der Waals surface area contributed by atoms with Crippen molar-refractivity contribution in [3.8, 4) is 5.75 Å². The molecular formula is C10H14NNaO4S. The van der Waals surface area contributed by atoms with E-state index in [0.29, 0.717) is 13.0 Å². The first-order valence-electron chi connectivity index (χ1n) is 4.82. The van der Waals surface area contributed by atoms with Gasteiger partial charge in [0, 0.05) is 0 Å². The Balaban J connectivity index is 0.00000256. The molecule has 5 nitrogen and oxygen atoms in total. The zero-order valence-corrected chi connectivity index (χ0v) is 12.8. The first kappa shape index (κ1) is 16.9. The van der Waals surface area contributed by atoms with E-state index in [1.165, 1.54) is 19.2 Å². The fourth-order valence-electron chi connectivity index (χ4n) is 1.38. The van der Waals surface area contributed by atoms with Crippen molar-refractivity contribution in [1.29, 1.82) is 0 Å². The van der Waals surface area contributed by atoms with Gasteiger partial charge in [-0.3, -0.25) is 0 Å². The predicted molar refractivity (Wildman–Crippen MR) is 58.3 cm³/mol. The number of aryl methyl sites for hydroxylation is 1. The fourth-order valence-corrected chi connectivity index (χ4v) is 2.07. The molecule has 0 heterocycles. The second kappa shape index (κ2) is 7.35. The van der Waals surface area contributed by atoms with Crippen molar-refractivity contribution in [3.63, 3.8) is 0 Å². The van der Waals surface area contributed by atoms with Crippen LogP contribution < -0.4 is 40.0 Å². The van der Waals surface area contributed by atoms with E-state index in [4.69, 9.17) is 10.5 Å². The van der Waals surface area contributed by atoms with E-state index >= 15 is 0 Å². The van der Waals surface area contributed by atoms with Crippen molar-refractivity contribution in [1.82, 2.24) is 0 Å². The second-order valence-electron chi connectivity index (χ2n) is 3.33. The summed E-state index contributed by atoms with van der Waals surface area (Å²) in [7, 11) is -3.18. The Morgan fingerprint density at radius 3 is 2.53 bits per heavy atom. The maximum Gasteiger partial charge on any atom is 1.00 e. The van der Waals surface area contributed by atoms with Gasteiger partial charge in [-0.1, -0.05) is 6.07 Å². The van der Waals surface area contributed by atoms with Gasteiger partial charge in [-0.25, -0.2) is 8.42 Å². The SMILES string of the molecule is COc1ccc(CCCN)cc1S(=O)(=O)[O-].[Na+]. The van der Waals surface area contributed by atoms with Crippen LogP contribution in [0.3, 0.4) is 0 Å². The van der Waals surface area contributed by atoms with E-state index in [2.05, 4.69) is 0 Å². The monoisotopic (exact) mass is 267 g/mol. The molecule has 0 aliphatic carbocycles. The van der Waals surface area contributed by atoms with Gasteiger partial charge < -0.3 is 15.0 Å². The van der Waals surface area contributed by atoms with Crippen LogP contribution in [0, 0.1) is 0 Å². The Morgan fingerprint density at radius 1 is 1.41 bits per heavy atom. The number of hydrogen-bond acceptors (Lipinski definition) is 5. The van der Waals surface area contributed by atoms with E-state index in [-0.39, 0.29) is 40.2 Å². The normalized spacial score (nSPS) is 10.8. The zero-order chi connectivity index (χ0) is 12.2. The topological polar surface area (TPSA) is 92.5 Å². The Hall–Kier alpha value is -0.110. The summed E-state index contributed by atoms with van der Waals surface area (Å²) in [4.78, 5) is -0.315. The number of rotatable bonds is 5. The summed E-state index contributed by atoms with van der Waals surface area (Å²) in [5, 5.41) is 0. The standard InChI is InChI=1S/C10H15NO4S.Na/c1-15-9-5-4-8(3-2-6-11)7-10(9)16(12,13)14;/h4-5,7H,2-3,6,11H2,1H3,(H,12,13,14);/q;+1/p-1. The average molecular weight is 267 g/mol. The summed E-state index contributed by atoms with van der Waals surface area (Å²) in [6, 6.07) is 4.55. The molecule has 0 radical (unpaired) electrons. The van der Waals surface area contributed by atoms with Crippen molar-refractivity contribution in [2.24, 2.45) is 5.73 Å². The molecule has 0 saturated heterocycles. The van der Waals surface area contributed by atoms with Gasteiger partial charge >= 0.3 is 29.6 Å². The summed E-state index contributed by atoms with van der Waals surface area (Å²) in [5.41, 5.74) is 6.12. The quantitative estimate of drug-likeness (QED) is 0.470. The number of benzene rings is 1. The van der Waals surface area contributed by atoms with Crippen molar-refractivity contribution in [2.75, 3.05) is 13.7 Å². The third-order valence-electron chi connectivity index (χ3n) is 2.17. The van der Waals surface area contributed by atoms with Crippen LogP contribution in [0.4, 0.5) is 0 Å². The molecule has 1 aromatic carbocycles. The van der Waals surface area contributed by atoms with Crippen LogP contribution in [0.15, 0.2) is 23.1 Å². The predicted octanol–water partition coefficient (Wildman–Crippen LogP) is -2.51. The van der Waals surface area contributed by atoms with Crippen LogP contribution in [-0.4, -0.2) is 26.6 Å². The van der Waals surface area contributed by atoms with E-state index in [9.17, 15) is 13.0 Å². The van der Waals surface area contributed by atoms with Crippen molar-refractivity contribution < 1.29 is 47.3 Å². The maximum absolute atomic E-state index is 11.0. The number of ether oxygens (including phenoxy) is 1. The maximum atomic E-state index is 11.0. The van der Waals surface area contributed by atoms with Crippen LogP contribution in [0.2, 0.25) is 0 Å². The summed E-state index contributed by atoms with van der Waals surface area (Å²) in [6.07, 6.45) is 1.38. The largest absolute Gasteiger partial charge is 1.00 e. The fraction of sp³-hybridized carbons (Fsp3) is 0.400. The summed E-state index contributed by atoms with van der Waals surface area (Å²) in [6.45, 7) is 0.519. The number of nitrogens with two attached hydrogens (primary N) is 1. The molecule has 0 fully saturated rings. The third-order valence-corrected chi connectivity index (χ3v) is 3.02. The summed E-state index contributed by atoms with van der Waals surface area (Å²) < 4.78 is 37.8. The van der Waals surface area contributed by atoms with Gasteiger partial charge in [0.1, 0.15) is 15.9 Å². The zero-order valence-electron chi connectivity index (χ0n) is 9.97. The van der Waals surface area contributed by atoms with Crippen molar-refractivity contribution in [2.45, 2.75) is 17.7 Å². The Kier molecular flexibility index (Phi) is 7.30. The molecule has 1 rings (SSSR count). The molecule has 17 heavy (non-hydrogen) atoms. The van der Waals surface area contributed by atoms with Gasteiger partial charge in [0.15, 0.2) is 0 Å². The minimum absolute atomic E-state index is 0. The van der Waals surface area contributed by atoms with E-state index in [0.717, 1.165) is 12.0 Å². The number of methoxy groups -OCH3 is 1. The summed E-state index contributed by atoms with van der Waals surface area (Å²) >= 11 is 0. The number of hydrogen-bond donors (Lipinski definition) is 1. The molecule has 0 atom stereocenters. The van der Waals surface area contributed by atoms with Crippen LogP contribution >= 0.6 is 0 Å². The third kappa shape index (κ3) is 4.95. The molecule has 0 aliphatic rings. The van der Waals surface area contributed by atoms with Crippen LogP contribution in [0.1, 0.15) is 12.0 Å². The van der Waals surface area contributed by atoms with Gasteiger partial charge in [-0.05, 0) is 37.1 Å². The van der Waals surface area contributed by atoms with Crippen LogP contribution in [0.25, 0.3) is 0 Å². The molecule has 7 heteroatoms. The van der Waals surface area contributed by atoms with E-state index in [1.54, 1.807) is 6.07 Å². The van der Waals surface area contributed by atoms with Crippen molar-refractivity contribution >= 4 is 10.1 Å². The molecule has 0 unspecified atom stereocenters. The average Bonchev–Trinajstić information content (AvgIpc) is 2.24.